The van der Waals surface area contributed by atoms with E-state index in [4.69, 9.17) is 9.47 Å². The summed E-state index contributed by atoms with van der Waals surface area (Å²) in [5.41, 5.74) is -0.397. The number of carbonyl (C=O) groups is 3. The lowest BCUT2D eigenvalue weighted by Crippen LogP contribution is -2.63. The van der Waals surface area contributed by atoms with E-state index in [2.05, 4.69) is 15.5 Å². The van der Waals surface area contributed by atoms with E-state index in [9.17, 15) is 14.4 Å². The predicted octanol–water partition coefficient (Wildman–Crippen LogP) is 2.64. The number of ether oxygens (including phenoxy) is 2. The first-order chi connectivity index (χ1) is 14.0. The van der Waals surface area contributed by atoms with Gasteiger partial charge in [-0.1, -0.05) is 12.1 Å². The molecule has 1 unspecified atom stereocenters. The largest absolute Gasteiger partial charge is 0.465 e. The summed E-state index contributed by atoms with van der Waals surface area (Å²) in [7, 11) is 3.32. The zero-order valence-corrected chi connectivity index (χ0v) is 18.7. The number of benzene rings is 1. The van der Waals surface area contributed by atoms with Crippen LogP contribution in [0.5, 0.6) is 0 Å². The lowest BCUT2D eigenvalue weighted by Gasteiger charge is -2.40. The minimum Gasteiger partial charge on any atom is -0.465 e. The highest BCUT2D eigenvalue weighted by Crippen LogP contribution is 2.25. The molecule has 1 aliphatic rings. The van der Waals surface area contributed by atoms with Gasteiger partial charge >= 0.3 is 12.1 Å². The number of nitrogens with one attached hydrogen (secondary N) is 2. The molecule has 1 fully saturated rings. The van der Waals surface area contributed by atoms with Gasteiger partial charge in [0.2, 0.25) is 5.91 Å². The van der Waals surface area contributed by atoms with Gasteiger partial charge in [0.05, 0.1) is 18.7 Å². The predicted molar refractivity (Wildman–Crippen MR) is 113 cm³/mol. The number of alkyl carbamates (subject to hydrolysis) is 1. The first-order valence-corrected chi connectivity index (χ1v) is 10.1. The summed E-state index contributed by atoms with van der Waals surface area (Å²) in [6.07, 6.45) is 0.378. The Morgan fingerprint density at radius 2 is 1.67 bits per heavy atom. The van der Waals surface area contributed by atoms with Crippen LogP contribution in [0.3, 0.4) is 0 Å². The monoisotopic (exact) mass is 419 g/mol. The maximum Gasteiger partial charge on any atom is 0.408 e. The van der Waals surface area contributed by atoms with Crippen LogP contribution in [0.1, 0.15) is 62.5 Å². The van der Waals surface area contributed by atoms with Crippen molar-refractivity contribution in [3.63, 3.8) is 0 Å². The fraction of sp³-hybridized carbons (Fsp3) is 0.591. The number of methoxy groups -OCH3 is 1. The third kappa shape index (κ3) is 6.19. The molecule has 0 saturated carbocycles. The molecule has 1 aromatic carbocycles. The van der Waals surface area contributed by atoms with Gasteiger partial charge in [0.15, 0.2) is 0 Å². The molecule has 0 bridgehead atoms. The first kappa shape index (κ1) is 23.7. The number of rotatable bonds is 5. The summed E-state index contributed by atoms with van der Waals surface area (Å²) in [6.45, 7) is 8.59. The number of amides is 2. The standard InChI is InChI=1S/C22H33N3O5/c1-15(16-7-9-17(10-8-16)18(26)29-6)23-19(27)22(11-13-25(5)14-12-22)24-20(28)30-21(2,3)4/h7-10,15H,11-14H2,1-6H3,(H,23,27)(H,24,28). The first-order valence-electron chi connectivity index (χ1n) is 10.1. The summed E-state index contributed by atoms with van der Waals surface area (Å²) >= 11 is 0. The molecule has 0 aromatic heterocycles. The van der Waals surface area contributed by atoms with E-state index in [0.29, 0.717) is 31.5 Å². The zero-order chi connectivity index (χ0) is 22.5. The molecule has 0 aliphatic carbocycles. The van der Waals surface area contributed by atoms with Gasteiger partial charge in [0.25, 0.3) is 0 Å². The van der Waals surface area contributed by atoms with E-state index in [1.807, 2.05) is 14.0 Å². The van der Waals surface area contributed by atoms with E-state index >= 15 is 0 Å². The van der Waals surface area contributed by atoms with Crippen LogP contribution in [0.25, 0.3) is 0 Å². The van der Waals surface area contributed by atoms with Gasteiger partial charge in [0.1, 0.15) is 11.1 Å². The molecule has 0 radical (unpaired) electrons. The van der Waals surface area contributed by atoms with E-state index in [1.54, 1.807) is 45.0 Å². The topological polar surface area (TPSA) is 97.0 Å². The summed E-state index contributed by atoms with van der Waals surface area (Å²) < 4.78 is 10.1. The van der Waals surface area contributed by atoms with Crippen LogP contribution in [0, 0.1) is 0 Å². The number of piperidine rings is 1. The van der Waals surface area contributed by atoms with Crippen molar-refractivity contribution in [2.45, 2.75) is 57.7 Å². The van der Waals surface area contributed by atoms with Crippen LogP contribution in [-0.2, 0) is 14.3 Å². The molecule has 1 atom stereocenters. The lowest BCUT2D eigenvalue weighted by atomic mass is 9.86. The molecule has 166 valence electrons. The number of likely N-dealkylation sites (tertiary alicyclic amines) is 1. The fourth-order valence-corrected chi connectivity index (χ4v) is 3.35. The SMILES string of the molecule is COC(=O)c1ccc(C(C)NC(=O)C2(NC(=O)OC(C)(C)C)CCN(C)CC2)cc1. The van der Waals surface area contributed by atoms with Crippen LogP contribution in [-0.4, -0.2) is 61.3 Å². The highest BCUT2D eigenvalue weighted by Gasteiger charge is 2.43. The Balaban J connectivity index is 2.13. The Kier molecular flexibility index (Phi) is 7.47. The molecule has 1 heterocycles. The van der Waals surface area contributed by atoms with Crippen molar-refractivity contribution in [1.82, 2.24) is 15.5 Å². The Morgan fingerprint density at radius 1 is 1.10 bits per heavy atom. The minimum atomic E-state index is -1.03. The van der Waals surface area contributed by atoms with Crippen molar-refractivity contribution in [3.05, 3.63) is 35.4 Å². The molecular formula is C22H33N3O5. The van der Waals surface area contributed by atoms with Crippen molar-refractivity contribution in [1.29, 1.82) is 0 Å². The lowest BCUT2D eigenvalue weighted by molar-refractivity contribution is -0.130. The normalized spacial score (nSPS) is 17.5. The molecule has 30 heavy (non-hydrogen) atoms. The molecule has 2 rings (SSSR count). The second-order valence-corrected chi connectivity index (χ2v) is 8.82. The van der Waals surface area contributed by atoms with Crippen LogP contribution in [0.2, 0.25) is 0 Å². The second-order valence-electron chi connectivity index (χ2n) is 8.82. The van der Waals surface area contributed by atoms with Crippen molar-refractivity contribution in [2.24, 2.45) is 0 Å². The second kappa shape index (κ2) is 9.47. The van der Waals surface area contributed by atoms with Gasteiger partial charge in [-0.2, -0.15) is 0 Å². The van der Waals surface area contributed by atoms with Crippen molar-refractivity contribution >= 4 is 18.0 Å². The van der Waals surface area contributed by atoms with Crippen molar-refractivity contribution < 1.29 is 23.9 Å². The molecule has 1 saturated heterocycles. The number of hydrogen-bond donors (Lipinski definition) is 2. The van der Waals surface area contributed by atoms with Crippen LogP contribution < -0.4 is 10.6 Å². The molecule has 2 amide bonds. The molecule has 0 spiro atoms. The average Bonchev–Trinajstić information content (AvgIpc) is 2.67. The maximum absolute atomic E-state index is 13.3. The minimum absolute atomic E-state index is 0.244. The van der Waals surface area contributed by atoms with Crippen molar-refractivity contribution in [2.75, 3.05) is 27.2 Å². The average molecular weight is 420 g/mol. The van der Waals surface area contributed by atoms with Gasteiger partial charge in [-0.3, -0.25) is 4.79 Å². The quantitative estimate of drug-likeness (QED) is 0.712. The summed E-state index contributed by atoms with van der Waals surface area (Å²) in [4.78, 5) is 39.4. The van der Waals surface area contributed by atoms with Gasteiger partial charge in [-0.25, -0.2) is 9.59 Å². The molecule has 8 nitrogen and oxygen atoms in total. The highest BCUT2D eigenvalue weighted by molar-refractivity contribution is 5.91. The summed E-state index contributed by atoms with van der Waals surface area (Å²) in [5.74, 6) is -0.656. The smallest absolute Gasteiger partial charge is 0.408 e. The molecule has 1 aliphatic heterocycles. The third-order valence-electron chi connectivity index (χ3n) is 5.19. The Morgan fingerprint density at radius 3 is 2.17 bits per heavy atom. The summed E-state index contributed by atoms with van der Waals surface area (Å²) in [6, 6.07) is 6.57. The van der Waals surface area contributed by atoms with Gasteiger partial charge in [0, 0.05) is 13.1 Å². The Bertz CT molecular complexity index is 762. The maximum atomic E-state index is 13.3. The zero-order valence-electron chi connectivity index (χ0n) is 18.7. The number of hydrogen-bond acceptors (Lipinski definition) is 6. The third-order valence-corrected chi connectivity index (χ3v) is 5.19. The molecule has 1 aromatic rings. The summed E-state index contributed by atoms with van der Waals surface area (Å²) in [5, 5.41) is 5.85. The van der Waals surface area contributed by atoms with Gasteiger partial charge in [-0.15, -0.1) is 0 Å². The number of esters is 1. The van der Waals surface area contributed by atoms with Crippen LogP contribution in [0.15, 0.2) is 24.3 Å². The Hall–Kier alpha value is -2.61. The van der Waals surface area contributed by atoms with E-state index in [1.165, 1.54) is 7.11 Å². The van der Waals surface area contributed by atoms with Crippen LogP contribution in [0.4, 0.5) is 4.79 Å². The van der Waals surface area contributed by atoms with E-state index in [0.717, 1.165) is 5.56 Å². The van der Waals surface area contributed by atoms with E-state index in [-0.39, 0.29) is 11.9 Å². The molecular weight excluding hydrogens is 386 g/mol. The fourth-order valence-electron chi connectivity index (χ4n) is 3.35. The highest BCUT2D eigenvalue weighted by atomic mass is 16.6. The molecule has 2 N–H and O–H groups in total. The number of nitrogens with zero attached hydrogens (tertiary/aromatic N) is 1. The van der Waals surface area contributed by atoms with E-state index < -0.39 is 23.2 Å². The molecule has 8 heteroatoms. The Labute approximate surface area is 178 Å². The van der Waals surface area contributed by atoms with Crippen molar-refractivity contribution in [3.8, 4) is 0 Å². The van der Waals surface area contributed by atoms with Gasteiger partial charge < -0.3 is 25.0 Å². The van der Waals surface area contributed by atoms with Gasteiger partial charge in [-0.05, 0) is 65.3 Å². The van der Waals surface area contributed by atoms with Crippen LogP contribution >= 0.6 is 0 Å². The number of carbonyl (C=O) groups excluding carboxylic acids is 3.